The highest BCUT2D eigenvalue weighted by atomic mass is 16.5. The quantitative estimate of drug-likeness (QED) is 0.538. The molecule has 1 N–H and O–H groups in total. The summed E-state index contributed by atoms with van der Waals surface area (Å²) >= 11 is 0. The zero-order valence-electron chi connectivity index (χ0n) is 9.56. The summed E-state index contributed by atoms with van der Waals surface area (Å²) in [7, 11) is 2.47. The first kappa shape index (κ1) is 13.0. The summed E-state index contributed by atoms with van der Waals surface area (Å²) in [5.41, 5.74) is 0.506. The highest BCUT2D eigenvalue weighted by Crippen LogP contribution is 2.12. The first-order chi connectivity index (χ1) is 8.12. The van der Waals surface area contributed by atoms with Crippen molar-refractivity contribution in [2.75, 3.05) is 14.2 Å². The van der Waals surface area contributed by atoms with E-state index >= 15 is 0 Å². The average molecular weight is 239 g/mol. The number of ether oxygens (including phenoxy) is 2. The summed E-state index contributed by atoms with van der Waals surface area (Å²) in [5.74, 6) is -1.16. The standard InChI is InChI=1S/C11H13NO5/c1-16-10(14)8-4-3-7(6-13)5-9(12-8)11(15)17-2/h3-4,6,9,12H,5H2,1-2H3. The molecule has 1 unspecified atom stereocenters. The van der Waals surface area contributed by atoms with Gasteiger partial charge >= 0.3 is 11.9 Å². The maximum atomic E-state index is 11.4. The molecule has 1 aliphatic heterocycles. The number of esters is 2. The van der Waals surface area contributed by atoms with E-state index in [1.807, 2.05) is 0 Å². The first-order valence-corrected chi connectivity index (χ1v) is 4.91. The number of hydrogen-bond acceptors (Lipinski definition) is 6. The van der Waals surface area contributed by atoms with E-state index in [2.05, 4.69) is 14.8 Å². The number of aldehydes is 1. The van der Waals surface area contributed by atoms with Gasteiger partial charge in [-0.05, 0) is 11.6 Å². The molecule has 0 aromatic rings. The normalized spacial score (nSPS) is 19.1. The van der Waals surface area contributed by atoms with Gasteiger partial charge in [-0.2, -0.15) is 0 Å². The van der Waals surface area contributed by atoms with Crippen molar-refractivity contribution in [2.24, 2.45) is 0 Å². The van der Waals surface area contributed by atoms with E-state index < -0.39 is 18.0 Å². The Morgan fingerprint density at radius 3 is 2.59 bits per heavy atom. The lowest BCUT2D eigenvalue weighted by Crippen LogP contribution is -2.39. The molecule has 0 fully saturated rings. The van der Waals surface area contributed by atoms with Crippen molar-refractivity contribution < 1.29 is 23.9 Å². The molecule has 17 heavy (non-hydrogen) atoms. The van der Waals surface area contributed by atoms with Crippen LogP contribution >= 0.6 is 0 Å². The van der Waals surface area contributed by atoms with E-state index in [0.717, 1.165) is 0 Å². The van der Waals surface area contributed by atoms with Crippen molar-refractivity contribution in [1.29, 1.82) is 0 Å². The van der Waals surface area contributed by atoms with Crippen LogP contribution in [-0.2, 0) is 23.9 Å². The minimum Gasteiger partial charge on any atom is -0.467 e. The van der Waals surface area contributed by atoms with Crippen molar-refractivity contribution >= 4 is 18.2 Å². The highest BCUT2D eigenvalue weighted by Gasteiger charge is 2.25. The minimum atomic E-state index is -0.774. The van der Waals surface area contributed by atoms with Crippen molar-refractivity contribution in [2.45, 2.75) is 12.5 Å². The molecule has 0 aromatic carbocycles. The van der Waals surface area contributed by atoms with Crippen molar-refractivity contribution in [1.82, 2.24) is 5.32 Å². The second-order valence-electron chi connectivity index (χ2n) is 3.36. The Balaban J connectivity index is 2.97. The van der Waals surface area contributed by atoms with Gasteiger partial charge in [-0.25, -0.2) is 9.59 Å². The lowest BCUT2D eigenvalue weighted by Gasteiger charge is -2.16. The molecule has 0 aromatic heterocycles. The van der Waals surface area contributed by atoms with E-state index in [4.69, 9.17) is 0 Å². The lowest BCUT2D eigenvalue weighted by molar-refractivity contribution is -0.143. The maximum absolute atomic E-state index is 11.4. The zero-order valence-corrected chi connectivity index (χ0v) is 9.56. The highest BCUT2D eigenvalue weighted by molar-refractivity contribution is 5.91. The van der Waals surface area contributed by atoms with Crippen molar-refractivity contribution in [3.05, 3.63) is 23.4 Å². The van der Waals surface area contributed by atoms with Gasteiger partial charge in [0.15, 0.2) is 0 Å². The van der Waals surface area contributed by atoms with Gasteiger partial charge in [0.05, 0.1) is 14.2 Å². The average Bonchev–Trinajstić information content (AvgIpc) is 2.59. The molecule has 0 saturated heterocycles. The maximum Gasteiger partial charge on any atom is 0.354 e. The first-order valence-electron chi connectivity index (χ1n) is 4.91. The summed E-state index contributed by atoms with van der Waals surface area (Å²) in [6.07, 6.45) is 3.66. The van der Waals surface area contributed by atoms with E-state index in [0.29, 0.717) is 11.9 Å². The van der Waals surface area contributed by atoms with Gasteiger partial charge in [-0.3, -0.25) is 4.79 Å². The second-order valence-corrected chi connectivity index (χ2v) is 3.36. The lowest BCUT2D eigenvalue weighted by atomic mass is 10.1. The van der Waals surface area contributed by atoms with Gasteiger partial charge in [0.1, 0.15) is 18.0 Å². The van der Waals surface area contributed by atoms with Crippen LogP contribution in [0.25, 0.3) is 0 Å². The molecule has 0 bridgehead atoms. The fraction of sp³-hybridized carbons (Fsp3) is 0.364. The Bertz CT molecular complexity index is 397. The molecule has 0 radical (unpaired) electrons. The summed E-state index contributed by atoms with van der Waals surface area (Å²) in [5, 5.41) is 2.68. The smallest absolute Gasteiger partial charge is 0.354 e. The Morgan fingerprint density at radius 1 is 1.35 bits per heavy atom. The van der Waals surface area contributed by atoms with E-state index in [1.165, 1.54) is 26.4 Å². The zero-order chi connectivity index (χ0) is 12.8. The number of carbonyl (C=O) groups is 3. The van der Waals surface area contributed by atoms with Crippen LogP contribution < -0.4 is 5.32 Å². The van der Waals surface area contributed by atoms with Crippen LogP contribution in [0.5, 0.6) is 0 Å². The molecule has 0 saturated carbocycles. The molecular formula is C11H13NO5. The topological polar surface area (TPSA) is 81.7 Å². The summed E-state index contributed by atoms with van der Waals surface area (Å²) in [6, 6.07) is -0.774. The van der Waals surface area contributed by atoms with Gasteiger partial charge < -0.3 is 14.8 Å². The fourth-order valence-electron chi connectivity index (χ4n) is 1.39. The van der Waals surface area contributed by atoms with Crippen LogP contribution in [0.1, 0.15) is 6.42 Å². The van der Waals surface area contributed by atoms with E-state index in [9.17, 15) is 14.4 Å². The van der Waals surface area contributed by atoms with Gasteiger partial charge in [-0.1, -0.05) is 6.08 Å². The monoisotopic (exact) mass is 239 g/mol. The number of carbonyl (C=O) groups excluding carboxylic acids is 3. The Labute approximate surface area is 98.3 Å². The summed E-state index contributed by atoms with van der Waals surface area (Å²) in [4.78, 5) is 33.5. The van der Waals surface area contributed by atoms with Crippen LogP contribution in [0, 0.1) is 0 Å². The number of methoxy groups -OCH3 is 2. The molecule has 0 aliphatic carbocycles. The summed E-state index contributed by atoms with van der Waals surface area (Å²) < 4.78 is 9.11. The van der Waals surface area contributed by atoms with Gasteiger partial charge in [0.2, 0.25) is 0 Å². The van der Waals surface area contributed by atoms with Crippen LogP contribution in [0.2, 0.25) is 0 Å². The van der Waals surface area contributed by atoms with Crippen molar-refractivity contribution in [3.63, 3.8) is 0 Å². The number of rotatable bonds is 3. The molecule has 1 heterocycles. The van der Waals surface area contributed by atoms with Gasteiger partial charge in [0.25, 0.3) is 0 Å². The molecule has 0 spiro atoms. The van der Waals surface area contributed by atoms with Crippen LogP contribution in [-0.4, -0.2) is 38.5 Å². The molecule has 6 nitrogen and oxygen atoms in total. The van der Waals surface area contributed by atoms with E-state index in [1.54, 1.807) is 0 Å². The number of allylic oxidation sites excluding steroid dienone is 2. The predicted molar refractivity (Wildman–Crippen MR) is 57.8 cm³/mol. The molecular weight excluding hydrogens is 226 g/mol. The Hall–Kier alpha value is -2.11. The molecule has 1 aliphatic rings. The fourth-order valence-corrected chi connectivity index (χ4v) is 1.39. The molecule has 0 amide bonds. The van der Waals surface area contributed by atoms with Crippen LogP contribution in [0.4, 0.5) is 0 Å². The van der Waals surface area contributed by atoms with Crippen LogP contribution in [0.15, 0.2) is 23.4 Å². The second kappa shape index (κ2) is 5.83. The van der Waals surface area contributed by atoms with Crippen LogP contribution in [0.3, 0.4) is 0 Å². The van der Waals surface area contributed by atoms with Gasteiger partial charge in [0, 0.05) is 6.42 Å². The molecule has 1 rings (SSSR count). The largest absolute Gasteiger partial charge is 0.467 e. The third-order valence-electron chi connectivity index (χ3n) is 2.28. The third kappa shape index (κ3) is 3.17. The van der Waals surface area contributed by atoms with E-state index in [-0.39, 0.29) is 12.1 Å². The SMILES string of the molecule is COC(=O)C1=CC=C(C=O)CC(C(=O)OC)N1. The van der Waals surface area contributed by atoms with Crippen molar-refractivity contribution in [3.8, 4) is 0 Å². The molecule has 92 valence electrons. The molecule has 6 heteroatoms. The minimum absolute atomic E-state index is 0.111. The molecule has 1 atom stereocenters. The number of nitrogens with one attached hydrogen (secondary N) is 1. The Morgan fingerprint density at radius 2 is 2.06 bits per heavy atom. The van der Waals surface area contributed by atoms with Gasteiger partial charge in [-0.15, -0.1) is 0 Å². The third-order valence-corrected chi connectivity index (χ3v) is 2.28. The summed E-state index contributed by atoms with van der Waals surface area (Å²) in [6.45, 7) is 0. The Kier molecular flexibility index (Phi) is 4.45. The predicted octanol–water partition coefficient (Wildman–Crippen LogP) is -0.297. The number of hydrogen-bond donors (Lipinski definition) is 1.